The van der Waals surface area contributed by atoms with Gasteiger partial charge in [0, 0.05) is 25.7 Å². The van der Waals surface area contributed by atoms with E-state index in [1.54, 1.807) is 6.20 Å². The van der Waals surface area contributed by atoms with E-state index in [2.05, 4.69) is 9.89 Å². The molecule has 1 N–H and O–H groups in total. The Morgan fingerprint density at radius 2 is 2.47 bits per heavy atom. The lowest BCUT2D eigenvalue weighted by Crippen LogP contribution is -2.41. The third-order valence-electron chi connectivity index (χ3n) is 2.98. The molecule has 15 heavy (non-hydrogen) atoms. The summed E-state index contributed by atoms with van der Waals surface area (Å²) >= 11 is 0. The number of halogens is 1. The molecule has 0 aromatic heterocycles. The van der Waals surface area contributed by atoms with E-state index in [4.69, 9.17) is 0 Å². The molecule has 3 nitrogen and oxygen atoms in total. The number of β-amino-alcohol motifs (C(OH)–C–C–N with tert-alkyl or cyclic N) is 1. The van der Waals surface area contributed by atoms with Gasteiger partial charge in [-0.15, -0.1) is 0 Å². The SMILES string of the molecule is OC1CCCN(CC2C=CN=C(F)C2)C1. The zero-order valence-electron chi connectivity index (χ0n) is 8.77. The summed E-state index contributed by atoms with van der Waals surface area (Å²) in [7, 11) is 0. The summed E-state index contributed by atoms with van der Waals surface area (Å²) in [6.45, 7) is 2.57. The van der Waals surface area contributed by atoms with E-state index in [-0.39, 0.29) is 18.0 Å². The second-order valence-corrected chi connectivity index (χ2v) is 4.37. The summed E-state index contributed by atoms with van der Waals surface area (Å²) in [5.74, 6) is -0.0622. The van der Waals surface area contributed by atoms with Crippen molar-refractivity contribution in [3.8, 4) is 0 Å². The number of rotatable bonds is 2. The van der Waals surface area contributed by atoms with Crippen molar-refractivity contribution in [2.45, 2.75) is 25.4 Å². The normalized spacial score (nSPS) is 32.8. The van der Waals surface area contributed by atoms with Gasteiger partial charge in [-0.1, -0.05) is 6.08 Å². The molecule has 4 heteroatoms. The molecule has 2 aliphatic heterocycles. The molecule has 0 radical (unpaired) electrons. The highest BCUT2D eigenvalue weighted by molar-refractivity contribution is 5.76. The van der Waals surface area contributed by atoms with Crippen molar-refractivity contribution in [1.82, 2.24) is 4.90 Å². The predicted molar refractivity (Wildman–Crippen MR) is 57.5 cm³/mol. The number of aliphatic hydroxyl groups excluding tert-OH is 1. The first-order valence-corrected chi connectivity index (χ1v) is 5.53. The van der Waals surface area contributed by atoms with Crippen molar-refractivity contribution in [3.63, 3.8) is 0 Å². The van der Waals surface area contributed by atoms with E-state index in [0.29, 0.717) is 6.42 Å². The molecule has 1 fully saturated rings. The van der Waals surface area contributed by atoms with Crippen LogP contribution in [0, 0.1) is 5.92 Å². The van der Waals surface area contributed by atoms with Gasteiger partial charge in [0.05, 0.1) is 6.10 Å². The lowest BCUT2D eigenvalue weighted by Gasteiger charge is -2.32. The van der Waals surface area contributed by atoms with Gasteiger partial charge in [-0.2, -0.15) is 4.39 Å². The van der Waals surface area contributed by atoms with Crippen molar-refractivity contribution in [1.29, 1.82) is 0 Å². The zero-order chi connectivity index (χ0) is 10.7. The van der Waals surface area contributed by atoms with E-state index in [1.807, 2.05) is 6.08 Å². The Labute approximate surface area is 89.3 Å². The van der Waals surface area contributed by atoms with Gasteiger partial charge in [-0.25, -0.2) is 4.99 Å². The molecule has 84 valence electrons. The minimum absolute atomic E-state index is 0.204. The first kappa shape index (κ1) is 10.8. The summed E-state index contributed by atoms with van der Waals surface area (Å²) < 4.78 is 12.9. The third-order valence-corrected chi connectivity index (χ3v) is 2.98. The van der Waals surface area contributed by atoms with Crippen LogP contribution >= 0.6 is 0 Å². The Morgan fingerprint density at radius 1 is 1.60 bits per heavy atom. The average molecular weight is 212 g/mol. The van der Waals surface area contributed by atoms with E-state index in [0.717, 1.165) is 32.5 Å². The quantitative estimate of drug-likeness (QED) is 0.750. The van der Waals surface area contributed by atoms with Crippen LogP contribution in [0.5, 0.6) is 0 Å². The first-order valence-electron chi connectivity index (χ1n) is 5.53. The molecule has 0 spiro atoms. The molecule has 0 amide bonds. The lowest BCUT2D eigenvalue weighted by atomic mass is 10.0. The fourth-order valence-electron chi connectivity index (χ4n) is 2.24. The van der Waals surface area contributed by atoms with E-state index >= 15 is 0 Å². The molecule has 2 heterocycles. The Morgan fingerprint density at radius 3 is 3.20 bits per heavy atom. The summed E-state index contributed by atoms with van der Waals surface area (Å²) in [6, 6.07) is 0. The second kappa shape index (κ2) is 4.86. The van der Waals surface area contributed by atoms with Crippen molar-refractivity contribution in [2.24, 2.45) is 10.9 Å². The molecule has 0 bridgehead atoms. The Balaban J connectivity index is 1.81. The summed E-state index contributed by atoms with van der Waals surface area (Å²) in [6.07, 6.45) is 5.63. The van der Waals surface area contributed by atoms with Gasteiger partial charge in [0.1, 0.15) is 0 Å². The molecule has 0 saturated carbocycles. The number of aliphatic imine (C=N–C) groups is 1. The maximum Gasteiger partial charge on any atom is 0.189 e. The fourth-order valence-corrected chi connectivity index (χ4v) is 2.24. The Bertz CT molecular complexity index is 278. The Hall–Kier alpha value is -0.740. The fraction of sp³-hybridized carbons (Fsp3) is 0.727. The summed E-state index contributed by atoms with van der Waals surface area (Å²) in [5, 5.41) is 9.50. The van der Waals surface area contributed by atoms with Gasteiger partial charge in [0.2, 0.25) is 0 Å². The minimum atomic E-state index is -0.278. The van der Waals surface area contributed by atoms with Crippen molar-refractivity contribution >= 4 is 5.97 Å². The van der Waals surface area contributed by atoms with Gasteiger partial charge >= 0.3 is 0 Å². The van der Waals surface area contributed by atoms with E-state index < -0.39 is 0 Å². The van der Waals surface area contributed by atoms with Crippen LogP contribution in [0.15, 0.2) is 17.3 Å². The van der Waals surface area contributed by atoms with Gasteiger partial charge in [0.15, 0.2) is 5.97 Å². The number of likely N-dealkylation sites (tertiary alicyclic amines) is 1. The molecule has 2 atom stereocenters. The molecule has 2 rings (SSSR count). The number of nitrogens with zero attached hydrogens (tertiary/aromatic N) is 2. The van der Waals surface area contributed by atoms with Crippen LogP contribution in [0.2, 0.25) is 0 Å². The molecular weight excluding hydrogens is 195 g/mol. The second-order valence-electron chi connectivity index (χ2n) is 4.37. The van der Waals surface area contributed by atoms with Gasteiger partial charge in [0.25, 0.3) is 0 Å². The molecule has 0 aromatic carbocycles. The molecule has 0 aliphatic carbocycles. The van der Waals surface area contributed by atoms with Crippen molar-refractivity contribution in [2.75, 3.05) is 19.6 Å². The van der Waals surface area contributed by atoms with Gasteiger partial charge in [-0.05, 0) is 25.3 Å². The largest absolute Gasteiger partial charge is 0.392 e. The average Bonchev–Trinajstić information content (AvgIpc) is 2.17. The topological polar surface area (TPSA) is 35.8 Å². The standard InChI is InChI=1S/C11H17FN2O/c12-11-6-9(3-4-13-11)7-14-5-1-2-10(15)8-14/h3-4,9-10,15H,1-2,5-8H2. The Kier molecular flexibility index (Phi) is 3.49. The zero-order valence-corrected chi connectivity index (χ0v) is 8.77. The third kappa shape index (κ3) is 3.11. The number of piperidine rings is 1. The van der Waals surface area contributed by atoms with Crippen LogP contribution < -0.4 is 0 Å². The van der Waals surface area contributed by atoms with Crippen LogP contribution in [0.1, 0.15) is 19.3 Å². The van der Waals surface area contributed by atoms with Crippen LogP contribution in [0.25, 0.3) is 0 Å². The monoisotopic (exact) mass is 212 g/mol. The van der Waals surface area contributed by atoms with Gasteiger partial charge in [-0.3, -0.25) is 0 Å². The van der Waals surface area contributed by atoms with Crippen LogP contribution in [-0.4, -0.2) is 41.7 Å². The molecule has 1 saturated heterocycles. The molecule has 2 unspecified atom stereocenters. The summed E-state index contributed by atoms with van der Waals surface area (Å²) in [5.41, 5.74) is 0. The summed E-state index contributed by atoms with van der Waals surface area (Å²) in [4.78, 5) is 5.80. The number of hydrogen-bond acceptors (Lipinski definition) is 3. The van der Waals surface area contributed by atoms with Gasteiger partial charge < -0.3 is 10.0 Å². The van der Waals surface area contributed by atoms with E-state index in [9.17, 15) is 9.50 Å². The lowest BCUT2D eigenvalue weighted by molar-refractivity contribution is 0.0656. The van der Waals surface area contributed by atoms with Crippen LogP contribution in [0.3, 0.4) is 0 Å². The highest BCUT2D eigenvalue weighted by Crippen LogP contribution is 2.17. The van der Waals surface area contributed by atoms with Crippen LogP contribution in [-0.2, 0) is 0 Å². The first-order chi connectivity index (χ1) is 7.24. The molecule has 0 aromatic rings. The van der Waals surface area contributed by atoms with Crippen molar-refractivity contribution in [3.05, 3.63) is 12.3 Å². The maximum absolute atomic E-state index is 12.9. The smallest absolute Gasteiger partial charge is 0.189 e. The maximum atomic E-state index is 12.9. The van der Waals surface area contributed by atoms with E-state index in [1.165, 1.54) is 0 Å². The molecule has 2 aliphatic rings. The number of aliphatic hydroxyl groups is 1. The van der Waals surface area contributed by atoms with Crippen molar-refractivity contribution < 1.29 is 9.50 Å². The highest BCUT2D eigenvalue weighted by atomic mass is 19.1. The molecular formula is C11H17FN2O. The highest BCUT2D eigenvalue weighted by Gasteiger charge is 2.21. The predicted octanol–water partition coefficient (Wildman–Crippen LogP) is 1.34. The number of hydrogen-bond donors (Lipinski definition) is 1. The minimum Gasteiger partial charge on any atom is -0.392 e. The van der Waals surface area contributed by atoms with Crippen LogP contribution in [0.4, 0.5) is 4.39 Å².